The van der Waals surface area contributed by atoms with E-state index in [4.69, 9.17) is 0 Å². The van der Waals surface area contributed by atoms with E-state index >= 15 is 0 Å². The summed E-state index contributed by atoms with van der Waals surface area (Å²) in [5.41, 5.74) is 1.46. The van der Waals surface area contributed by atoms with Crippen molar-refractivity contribution in [2.24, 2.45) is 5.41 Å². The first kappa shape index (κ1) is 11.7. The summed E-state index contributed by atoms with van der Waals surface area (Å²) in [7, 11) is 0. The molecule has 2 aliphatic rings. The van der Waals surface area contributed by atoms with E-state index in [2.05, 4.69) is 43.6 Å². The summed E-state index contributed by atoms with van der Waals surface area (Å²) in [4.78, 5) is 1.60. The van der Waals surface area contributed by atoms with Gasteiger partial charge in [-0.1, -0.05) is 6.07 Å². The zero-order valence-electron chi connectivity index (χ0n) is 11.2. The molecule has 0 aromatic carbocycles. The van der Waals surface area contributed by atoms with Gasteiger partial charge in [0.1, 0.15) is 0 Å². The van der Waals surface area contributed by atoms with E-state index in [1.807, 2.05) is 11.3 Å². The van der Waals surface area contributed by atoms with Gasteiger partial charge in [-0.3, -0.25) is 0 Å². The summed E-state index contributed by atoms with van der Waals surface area (Å²) < 4.78 is 0. The van der Waals surface area contributed by atoms with Crippen LogP contribution in [0.15, 0.2) is 17.5 Å². The van der Waals surface area contributed by atoms with Crippen molar-refractivity contribution in [3.8, 4) is 0 Å². The van der Waals surface area contributed by atoms with Crippen LogP contribution in [0, 0.1) is 5.41 Å². The van der Waals surface area contributed by atoms with E-state index in [1.54, 1.807) is 4.88 Å². The van der Waals surface area contributed by atoms with Crippen molar-refractivity contribution >= 4 is 11.3 Å². The molecule has 1 heterocycles. The number of hydrogen-bond acceptors (Lipinski definition) is 2. The maximum atomic E-state index is 3.73. The van der Waals surface area contributed by atoms with Gasteiger partial charge in [0.2, 0.25) is 0 Å². The lowest BCUT2D eigenvalue weighted by Crippen LogP contribution is -2.53. The molecule has 1 N–H and O–H groups in total. The van der Waals surface area contributed by atoms with Crippen molar-refractivity contribution in [3.05, 3.63) is 22.4 Å². The molecule has 0 bridgehead atoms. The molecule has 1 aromatic rings. The van der Waals surface area contributed by atoms with Crippen molar-refractivity contribution < 1.29 is 0 Å². The molecule has 1 nitrogen and oxygen atoms in total. The minimum atomic E-state index is 0.233. The number of hydrogen-bond donors (Lipinski definition) is 1. The van der Waals surface area contributed by atoms with Crippen LogP contribution in [-0.4, -0.2) is 12.1 Å². The molecule has 2 saturated carbocycles. The molecule has 0 radical (unpaired) electrons. The lowest BCUT2D eigenvalue weighted by Gasteiger charge is -2.49. The third-order valence-electron chi connectivity index (χ3n) is 4.38. The van der Waals surface area contributed by atoms with Gasteiger partial charge in [-0.15, -0.1) is 11.3 Å². The van der Waals surface area contributed by atoms with E-state index in [0.29, 0.717) is 5.41 Å². The Hall–Kier alpha value is -0.340. The zero-order chi connectivity index (χ0) is 12.1. The molecule has 17 heavy (non-hydrogen) atoms. The second-order valence-corrected chi connectivity index (χ2v) is 8.16. The van der Waals surface area contributed by atoms with E-state index in [1.165, 1.54) is 25.7 Å². The number of nitrogens with one attached hydrogen (secondary N) is 1. The van der Waals surface area contributed by atoms with Gasteiger partial charge in [0.05, 0.1) is 0 Å². The van der Waals surface area contributed by atoms with Crippen LogP contribution in [0.5, 0.6) is 0 Å². The third-order valence-corrected chi connectivity index (χ3v) is 5.50. The minimum Gasteiger partial charge on any atom is -0.311 e. The molecule has 94 valence electrons. The number of thiophene rings is 1. The van der Waals surface area contributed by atoms with Crippen LogP contribution in [0.2, 0.25) is 0 Å². The van der Waals surface area contributed by atoms with E-state index in [-0.39, 0.29) is 5.54 Å². The smallest absolute Gasteiger partial charge is 0.0182 e. The highest BCUT2D eigenvalue weighted by Crippen LogP contribution is 2.69. The number of rotatable bonds is 3. The van der Waals surface area contributed by atoms with Crippen LogP contribution in [0.4, 0.5) is 0 Å². The predicted molar refractivity (Wildman–Crippen MR) is 74.7 cm³/mol. The third kappa shape index (κ3) is 2.17. The largest absolute Gasteiger partial charge is 0.311 e. The van der Waals surface area contributed by atoms with Crippen LogP contribution in [-0.2, 0) is 5.41 Å². The fourth-order valence-electron chi connectivity index (χ4n) is 3.32. The molecule has 2 fully saturated rings. The van der Waals surface area contributed by atoms with Crippen molar-refractivity contribution in [3.63, 3.8) is 0 Å². The highest BCUT2D eigenvalue weighted by Gasteiger charge is 2.61. The van der Waals surface area contributed by atoms with Crippen molar-refractivity contribution in [2.75, 3.05) is 6.54 Å². The SMILES string of the molecule is CC(C)(C)NCC1(c2cccs2)CC2(CC2)C1. The normalized spacial score (nSPS) is 24.6. The summed E-state index contributed by atoms with van der Waals surface area (Å²) in [6.07, 6.45) is 5.80. The van der Waals surface area contributed by atoms with Gasteiger partial charge in [0.25, 0.3) is 0 Å². The van der Waals surface area contributed by atoms with Crippen LogP contribution in [0.25, 0.3) is 0 Å². The van der Waals surface area contributed by atoms with Gasteiger partial charge in [0, 0.05) is 22.4 Å². The zero-order valence-corrected chi connectivity index (χ0v) is 12.0. The van der Waals surface area contributed by atoms with Gasteiger partial charge >= 0.3 is 0 Å². The van der Waals surface area contributed by atoms with Gasteiger partial charge in [-0.05, 0) is 63.3 Å². The maximum absolute atomic E-state index is 3.73. The van der Waals surface area contributed by atoms with Gasteiger partial charge in [-0.25, -0.2) is 0 Å². The molecule has 0 atom stereocenters. The average molecular weight is 249 g/mol. The Labute approximate surface area is 109 Å². The standard InChI is InChI=1S/C15H23NS/c1-13(2,3)16-11-15(12-5-4-8-17-12)9-14(10-15)6-7-14/h4-5,8,16H,6-7,9-11H2,1-3H3. The van der Waals surface area contributed by atoms with Crippen molar-refractivity contribution in [2.45, 2.75) is 57.4 Å². The first-order valence-electron chi connectivity index (χ1n) is 6.72. The Kier molecular flexibility index (Phi) is 2.47. The molecule has 3 rings (SSSR count). The van der Waals surface area contributed by atoms with Gasteiger partial charge in [-0.2, -0.15) is 0 Å². The second kappa shape index (κ2) is 3.58. The first-order valence-corrected chi connectivity index (χ1v) is 7.60. The fraction of sp³-hybridized carbons (Fsp3) is 0.733. The quantitative estimate of drug-likeness (QED) is 0.855. The molecule has 0 saturated heterocycles. The van der Waals surface area contributed by atoms with Crippen LogP contribution in [0.3, 0.4) is 0 Å². The summed E-state index contributed by atoms with van der Waals surface area (Å²) in [6.45, 7) is 7.95. The highest BCUT2D eigenvalue weighted by atomic mass is 32.1. The molecule has 0 unspecified atom stereocenters. The molecule has 1 aromatic heterocycles. The monoisotopic (exact) mass is 249 g/mol. The van der Waals surface area contributed by atoms with Gasteiger partial charge in [0.15, 0.2) is 0 Å². The summed E-state index contributed by atoms with van der Waals surface area (Å²) in [5, 5.41) is 5.95. The molecule has 0 aliphatic heterocycles. The summed E-state index contributed by atoms with van der Waals surface area (Å²) in [6, 6.07) is 4.54. The Morgan fingerprint density at radius 2 is 2.00 bits per heavy atom. The van der Waals surface area contributed by atoms with Crippen LogP contribution in [0.1, 0.15) is 51.3 Å². The maximum Gasteiger partial charge on any atom is 0.0182 e. The van der Waals surface area contributed by atoms with E-state index in [9.17, 15) is 0 Å². The first-order chi connectivity index (χ1) is 7.93. The molecule has 2 heteroatoms. The molecular weight excluding hydrogens is 226 g/mol. The Bertz CT molecular complexity index is 387. The molecular formula is C15H23NS. The Morgan fingerprint density at radius 1 is 1.29 bits per heavy atom. The average Bonchev–Trinajstić information content (AvgIpc) is 2.75. The Morgan fingerprint density at radius 3 is 2.47 bits per heavy atom. The predicted octanol–water partition coefficient (Wildman–Crippen LogP) is 3.95. The Balaban J connectivity index is 1.74. The van der Waals surface area contributed by atoms with Crippen molar-refractivity contribution in [1.29, 1.82) is 0 Å². The second-order valence-electron chi connectivity index (χ2n) is 7.21. The minimum absolute atomic E-state index is 0.233. The van der Waals surface area contributed by atoms with Gasteiger partial charge < -0.3 is 5.32 Å². The lowest BCUT2D eigenvalue weighted by molar-refractivity contribution is 0.111. The van der Waals surface area contributed by atoms with Crippen molar-refractivity contribution in [1.82, 2.24) is 5.32 Å². The van der Waals surface area contributed by atoms with E-state index < -0.39 is 0 Å². The van der Waals surface area contributed by atoms with E-state index in [0.717, 1.165) is 12.0 Å². The molecule has 1 spiro atoms. The fourth-order valence-corrected chi connectivity index (χ4v) is 4.24. The lowest BCUT2D eigenvalue weighted by atomic mass is 9.58. The topological polar surface area (TPSA) is 12.0 Å². The van der Waals surface area contributed by atoms with Crippen LogP contribution >= 0.6 is 11.3 Å². The summed E-state index contributed by atoms with van der Waals surface area (Å²) >= 11 is 1.94. The molecule has 0 amide bonds. The van der Waals surface area contributed by atoms with Crippen LogP contribution < -0.4 is 5.32 Å². The molecule has 2 aliphatic carbocycles. The summed E-state index contributed by atoms with van der Waals surface area (Å²) in [5.74, 6) is 0. The highest BCUT2D eigenvalue weighted by molar-refractivity contribution is 7.10.